The molecule has 0 aliphatic heterocycles. The Labute approximate surface area is 268 Å². The smallest absolute Gasteiger partial charge is 0.345 e. The van der Waals surface area contributed by atoms with Gasteiger partial charge < -0.3 is 9.47 Å². The summed E-state index contributed by atoms with van der Waals surface area (Å²) in [7, 11) is -0.265. The molecule has 0 amide bonds. The van der Waals surface area contributed by atoms with Crippen LogP contribution in [-0.4, -0.2) is 18.2 Å². The number of hydrogen-bond acceptors (Lipinski definition) is 3. The van der Waals surface area contributed by atoms with Gasteiger partial charge in [-0.25, -0.2) is 4.79 Å². The zero-order valence-corrected chi connectivity index (χ0v) is 26.8. The summed E-state index contributed by atoms with van der Waals surface area (Å²) in [5, 5.41) is 4.69. The predicted molar refractivity (Wildman–Crippen MR) is 185 cm³/mol. The van der Waals surface area contributed by atoms with E-state index in [0.29, 0.717) is 5.75 Å². The van der Waals surface area contributed by atoms with E-state index in [4.69, 9.17) is 9.47 Å². The summed E-state index contributed by atoms with van der Waals surface area (Å²) in [5.41, 5.74) is 1.84. The van der Waals surface area contributed by atoms with Gasteiger partial charge in [0.15, 0.2) is 26.9 Å². The van der Waals surface area contributed by atoms with Gasteiger partial charge in [-0.2, -0.15) is 0 Å². The highest BCUT2D eigenvalue weighted by molar-refractivity contribution is 7.97. The maximum atomic E-state index is 12.9. The van der Waals surface area contributed by atoms with Gasteiger partial charge in [-0.05, 0) is 109 Å². The van der Waals surface area contributed by atoms with Gasteiger partial charge in [-0.15, -0.1) is 0 Å². The molecule has 0 bridgehead atoms. The molecule has 0 unspecified atom stereocenters. The molecule has 0 N–H and O–H groups in total. The van der Waals surface area contributed by atoms with E-state index in [-0.39, 0.29) is 17.5 Å². The lowest BCUT2D eigenvalue weighted by Gasteiger charge is -2.20. The molecule has 0 aromatic heterocycles. The molecular weight excluding hydrogens is 573 g/mol. The first kappa shape index (κ1) is 30.1. The number of ether oxygens (including phenoxy) is 2. The molecule has 0 radical (unpaired) electrons. The third kappa shape index (κ3) is 7.06. The van der Waals surface area contributed by atoms with E-state index in [1.807, 2.05) is 38.1 Å². The lowest BCUT2D eigenvalue weighted by molar-refractivity contribution is -0.154. The normalized spacial score (nSPS) is 11.3. The summed E-state index contributed by atoms with van der Waals surface area (Å²) in [6.45, 7) is 7.45. The summed E-state index contributed by atoms with van der Waals surface area (Å²) in [6, 6.07) is 44.3. The van der Waals surface area contributed by atoms with Crippen LogP contribution < -0.4 is 4.74 Å². The molecule has 0 fully saturated rings. The summed E-state index contributed by atoms with van der Waals surface area (Å²) in [4.78, 5) is 16.6. The Kier molecular flexibility index (Phi) is 8.65. The zero-order valence-electron chi connectivity index (χ0n) is 26.0. The fourth-order valence-electron chi connectivity index (χ4n) is 5.49. The third-order valence-electron chi connectivity index (χ3n) is 7.54. The van der Waals surface area contributed by atoms with Crippen LogP contribution in [0.1, 0.15) is 30.5 Å². The fraction of sp³-hybridized carbons (Fsp3) is 0.146. The number of carbonyl (C=O) groups excluding carboxylic acids is 1. The van der Waals surface area contributed by atoms with Crippen LogP contribution in [-0.2, 0) is 20.4 Å². The number of benzene rings is 6. The van der Waals surface area contributed by atoms with Crippen molar-refractivity contribution < 1.29 is 14.3 Å². The Morgan fingerprint density at radius 3 is 1.78 bits per heavy atom. The number of hydrogen-bond donors (Lipinski definition) is 0. The molecule has 6 rings (SSSR count). The fourth-order valence-corrected chi connectivity index (χ4v) is 7.75. The van der Waals surface area contributed by atoms with Crippen molar-refractivity contribution in [2.45, 2.75) is 48.0 Å². The van der Waals surface area contributed by atoms with Crippen molar-refractivity contribution in [3.8, 4) is 17.6 Å². The second-order valence-electron chi connectivity index (χ2n) is 11.6. The van der Waals surface area contributed by atoms with E-state index in [2.05, 4.69) is 115 Å². The van der Waals surface area contributed by atoms with Crippen LogP contribution >= 0.6 is 0 Å². The molecule has 0 aliphatic rings. The molecule has 0 heterocycles. The number of fused-ring (bicyclic) bond motifs is 2. The minimum Gasteiger partial charge on any atom is -0.481 e. The SMILES string of the molecule is Cc1cc([S+](c2ccccc2)c2ccccc2)cc(C)c1OCC(=O)OC(C)(C)C#Cc1ccc2cc3ccccc3cc2c1. The molecule has 6 aromatic carbocycles. The molecule has 0 saturated heterocycles. The molecule has 6 aromatic rings. The van der Waals surface area contributed by atoms with Crippen LogP contribution in [0.2, 0.25) is 0 Å². The standard InChI is InChI=1S/C41H35O3S/c1-29-23-38(45(36-15-7-5-8-16-36)37-17-9-6-10-18-37)24-30(2)40(29)43-28-39(42)44-41(3,4)22-21-31-19-20-34-26-32-13-11-12-14-33(32)27-35(34)25-31/h5-20,23-27H,28H2,1-4H3/q+1. The van der Waals surface area contributed by atoms with E-state index < -0.39 is 11.6 Å². The van der Waals surface area contributed by atoms with Crippen LogP contribution in [0.5, 0.6) is 5.75 Å². The summed E-state index contributed by atoms with van der Waals surface area (Å²) in [5.74, 6) is 6.57. The van der Waals surface area contributed by atoms with E-state index >= 15 is 0 Å². The molecule has 0 atom stereocenters. The van der Waals surface area contributed by atoms with E-state index in [0.717, 1.165) is 27.5 Å². The van der Waals surface area contributed by atoms with Gasteiger partial charge in [0, 0.05) is 17.7 Å². The van der Waals surface area contributed by atoms with Crippen molar-refractivity contribution in [3.05, 3.63) is 144 Å². The summed E-state index contributed by atoms with van der Waals surface area (Å²) < 4.78 is 11.8. The molecule has 3 nitrogen and oxygen atoms in total. The van der Waals surface area contributed by atoms with Gasteiger partial charge in [0.05, 0.1) is 10.9 Å². The number of esters is 1. The zero-order chi connectivity index (χ0) is 31.4. The van der Waals surface area contributed by atoms with Crippen molar-refractivity contribution >= 4 is 38.4 Å². The second-order valence-corrected chi connectivity index (χ2v) is 13.6. The summed E-state index contributed by atoms with van der Waals surface area (Å²) in [6.07, 6.45) is 0. The highest BCUT2D eigenvalue weighted by Gasteiger charge is 2.30. The minimum absolute atomic E-state index is 0.196. The minimum atomic E-state index is -0.980. The molecule has 222 valence electrons. The lowest BCUT2D eigenvalue weighted by atomic mass is 10.0. The number of rotatable bonds is 7. The van der Waals surface area contributed by atoms with Crippen LogP contribution in [0, 0.1) is 25.7 Å². The second kappa shape index (κ2) is 12.9. The van der Waals surface area contributed by atoms with Gasteiger partial charge in [-0.1, -0.05) is 78.6 Å². The first-order valence-electron chi connectivity index (χ1n) is 15.0. The maximum Gasteiger partial charge on any atom is 0.345 e. The van der Waals surface area contributed by atoms with Crippen molar-refractivity contribution in [2.75, 3.05) is 6.61 Å². The van der Waals surface area contributed by atoms with E-state index in [1.165, 1.54) is 25.5 Å². The molecular formula is C41H35O3S+. The number of carbonyl (C=O) groups is 1. The van der Waals surface area contributed by atoms with Crippen LogP contribution in [0.4, 0.5) is 0 Å². The Morgan fingerprint density at radius 1 is 0.644 bits per heavy atom. The average molecular weight is 608 g/mol. The molecule has 0 aliphatic carbocycles. The molecule has 0 saturated carbocycles. The largest absolute Gasteiger partial charge is 0.481 e. The van der Waals surface area contributed by atoms with Crippen molar-refractivity contribution in [2.24, 2.45) is 0 Å². The highest BCUT2D eigenvalue weighted by Crippen LogP contribution is 2.35. The van der Waals surface area contributed by atoms with Crippen LogP contribution in [0.25, 0.3) is 21.5 Å². The highest BCUT2D eigenvalue weighted by atomic mass is 32.2. The molecule has 0 spiro atoms. The first-order valence-corrected chi connectivity index (χ1v) is 16.2. The molecule has 4 heteroatoms. The van der Waals surface area contributed by atoms with Crippen molar-refractivity contribution in [1.82, 2.24) is 0 Å². The van der Waals surface area contributed by atoms with Gasteiger partial charge in [0.1, 0.15) is 5.75 Å². The maximum absolute atomic E-state index is 12.9. The predicted octanol–water partition coefficient (Wildman–Crippen LogP) is 9.46. The van der Waals surface area contributed by atoms with Gasteiger partial charge in [0.25, 0.3) is 0 Å². The third-order valence-corrected chi connectivity index (χ3v) is 9.74. The van der Waals surface area contributed by atoms with Gasteiger partial charge in [0.2, 0.25) is 0 Å². The summed E-state index contributed by atoms with van der Waals surface area (Å²) >= 11 is 0. The van der Waals surface area contributed by atoms with Crippen molar-refractivity contribution in [3.63, 3.8) is 0 Å². The monoisotopic (exact) mass is 607 g/mol. The average Bonchev–Trinajstić information content (AvgIpc) is 3.03. The Hall–Kier alpha value is -4.98. The lowest BCUT2D eigenvalue weighted by Crippen LogP contribution is -2.29. The van der Waals surface area contributed by atoms with E-state index in [9.17, 15) is 4.79 Å². The first-order chi connectivity index (χ1) is 21.8. The Bertz CT molecular complexity index is 1990. The van der Waals surface area contributed by atoms with Crippen molar-refractivity contribution in [1.29, 1.82) is 0 Å². The van der Waals surface area contributed by atoms with Crippen LogP contribution in [0.3, 0.4) is 0 Å². The van der Waals surface area contributed by atoms with Gasteiger partial charge >= 0.3 is 5.97 Å². The van der Waals surface area contributed by atoms with Gasteiger partial charge in [-0.3, -0.25) is 0 Å². The Morgan fingerprint density at radius 2 is 1.18 bits per heavy atom. The molecule has 45 heavy (non-hydrogen) atoms. The quantitative estimate of drug-likeness (QED) is 0.0785. The topological polar surface area (TPSA) is 35.5 Å². The number of aryl methyl sites for hydroxylation is 2. The Balaban J connectivity index is 1.14. The van der Waals surface area contributed by atoms with E-state index in [1.54, 1.807) is 13.8 Å². The van der Waals surface area contributed by atoms with Crippen LogP contribution in [0.15, 0.2) is 142 Å².